The maximum atomic E-state index is 11.4. The second-order valence-corrected chi connectivity index (χ2v) is 3.88. The van der Waals surface area contributed by atoms with Crippen LogP contribution < -0.4 is 5.32 Å². The zero-order valence-corrected chi connectivity index (χ0v) is 11.2. The average Bonchev–Trinajstić information content (AvgIpc) is 2.39. The summed E-state index contributed by atoms with van der Waals surface area (Å²) in [4.78, 5) is 22.1. The predicted octanol–water partition coefficient (Wildman–Crippen LogP) is 2.41. The van der Waals surface area contributed by atoms with E-state index in [4.69, 9.17) is 9.47 Å². The smallest absolute Gasteiger partial charge is 0.407 e. The highest BCUT2D eigenvalue weighted by molar-refractivity contribution is 5.81. The van der Waals surface area contributed by atoms with Crippen LogP contribution in [-0.2, 0) is 14.3 Å². The molecule has 0 heterocycles. The normalized spacial score (nSPS) is 11.4. The Balaban J connectivity index is 3.68. The Morgan fingerprint density at radius 2 is 2.11 bits per heavy atom. The summed E-state index contributed by atoms with van der Waals surface area (Å²) in [6, 6.07) is 0. The van der Waals surface area contributed by atoms with Crippen LogP contribution in [-0.4, -0.2) is 31.3 Å². The molecular weight excluding hydrogens is 234 g/mol. The fourth-order valence-corrected chi connectivity index (χ4v) is 1.33. The second kappa shape index (κ2) is 10.6. The maximum absolute atomic E-state index is 11.4. The van der Waals surface area contributed by atoms with Gasteiger partial charge >= 0.3 is 12.1 Å². The van der Waals surface area contributed by atoms with Crippen molar-refractivity contribution in [2.24, 2.45) is 0 Å². The van der Waals surface area contributed by atoms with E-state index < -0.39 is 12.1 Å². The van der Waals surface area contributed by atoms with Crippen LogP contribution in [0.1, 0.15) is 39.5 Å². The number of unbranched alkanes of at least 4 members (excludes halogenated alkanes) is 1. The third kappa shape index (κ3) is 8.61. The minimum atomic E-state index is -0.500. The number of amides is 1. The van der Waals surface area contributed by atoms with Gasteiger partial charge in [0.05, 0.1) is 6.54 Å². The van der Waals surface area contributed by atoms with Gasteiger partial charge in [-0.2, -0.15) is 0 Å². The van der Waals surface area contributed by atoms with Crippen molar-refractivity contribution in [2.45, 2.75) is 45.6 Å². The molecule has 18 heavy (non-hydrogen) atoms. The summed E-state index contributed by atoms with van der Waals surface area (Å²) in [5.74, 6) is -0.500. The van der Waals surface area contributed by atoms with Crippen LogP contribution in [0.2, 0.25) is 0 Å². The van der Waals surface area contributed by atoms with Crippen molar-refractivity contribution < 1.29 is 19.1 Å². The first kappa shape index (κ1) is 16.5. The van der Waals surface area contributed by atoms with Gasteiger partial charge in [-0.3, -0.25) is 0 Å². The number of carbonyl (C=O) groups excluding carboxylic acids is 2. The summed E-state index contributed by atoms with van der Waals surface area (Å²) in [6.45, 7) is 7.71. The van der Waals surface area contributed by atoms with E-state index in [0.29, 0.717) is 0 Å². The lowest BCUT2D eigenvalue weighted by atomic mass is 10.1. The third-order valence-electron chi connectivity index (χ3n) is 2.39. The molecule has 0 aliphatic heterocycles. The molecule has 0 aromatic heterocycles. The number of carbonyl (C=O) groups is 2. The van der Waals surface area contributed by atoms with Crippen LogP contribution in [0, 0.1) is 0 Å². The first-order valence-electron chi connectivity index (χ1n) is 6.37. The summed E-state index contributed by atoms with van der Waals surface area (Å²) >= 11 is 0. The Bertz CT molecular complexity index is 266. The number of hydrogen-bond donors (Lipinski definition) is 1. The van der Waals surface area contributed by atoms with Crippen molar-refractivity contribution in [2.75, 3.05) is 13.2 Å². The predicted molar refractivity (Wildman–Crippen MR) is 69.2 cm³/mol. The first-order chi connectivity index (χ1) is 8.63. The molecular formula is C13H23NO4. The molecule has 5 nitrogen and oxygen atoms in total. The zero-order valence-electron chi connectivity index (χ0n) is 11.2. The monoisotopic (exact) mass is 257 g/mol. The largest absolute Gasteiger partial charge is 0.461 e. The SMILES string of the molecule is C=CC(=O)OCCNC(=O)OC(CC)CCCC. The highest BCUT2D eigenvalue weighted by Gasteiger charge is 2.11. The maximum Gasteiger partial charge on any atom is 0.407 e. The number of hydrogen-bond acceptors (Lipinski definition) is 4. The Morgan fingerprint density at radius 3 is 2.67 bits per heavy atom. The lowest BCUT2D eigenvalue weighted by Gasteiger charge is -2.16. The van der Waals surface area contributed by atoms with Gasteiger partial charge in [0.1, 0.15) is 12.7 Å². The second-order valence-electron chi connectivity index (χ2n) is 3.88. The Morgan fingerprint density at radius 1 is 1.39 bits per heavy atom. The van der Waals surface area contributed by atoms with Crippen molar-refractivity contribution >= 4 is 12.1 Å². The van der Waals surface area contributed by atoms with Crippen molar-refractivity contribution in [3.8, 4) is 0 Å². The van der Waals surface area contributed by atoms with Gasteiger partial charge in [-0.15, -0.1) is 0 Å². The van der Waals surface area contributed by atoms with Crippen molar-refractivity contribution in [1.82, 2.24) is 5.32 Å². The van der Waals surface area contributed by atoms with Gasteiger partial charge in [-0.1, -0.05) is 33.3 Å². The molecule has 0 saturated carbocycles. The van der Waals surface area contributed by atoms with Gasteiger partial charge in [0.15, 0.2) is 0 Å². The summed E-state index contributed by atoms with van der Waals surface area (Å²) in [5, 5.41) is 2.53. The average molecular weight is 257 g/mol. The highest BCUT2D eigenvalue weighted by Crippen LogP contribution is 2.08. The molecule has 0 aliphatic rings. The molecule has 1 amide bonds. The summed E-state index contributed by atoms with van der Waals surface area (Å²) in [7, 11) is 0. The van der Waals surface area contributed by atoms with Gasteiger partial charge in [-0.25, -0.2) is 9.59 Å². The van der Waals surface area contributed by atoms with E-state index in [1.165, 1.54) is 0 Å². The molecule has 0 radical (unpaired) electrons. The molecule has 0 rings (SSSR count). The van der Waals surface area contributed by atoms with E-state index in [1.54, 1.807) is 0 Å². The van der Waals surface area contributed by atoms with E-state index in [9.17, 15) is 9.59 Å². The van der Waals surface area contributed by atoms with E-state index >= 15 is 0 Å². The fourth-order valence-electron chi connectivity index (χ4n) is 1.33. The van der Waals surface area contributed by atoms with Crippen LogP contribution in [0.5, 0.6) is 0 Å². The Kier molecular flexibility index (Phi) is 9.73. The molecule has 0 saturated heterocycles. The van der Waals surface area contributed by atoms with Crippen LogP contribution in [0.25, 0.3) is 0 Å². The van der Waals surface area contributed by atoms with Crippen LogP contribution in [0.3, 0.4) is 0 Å². The van der Waals surface area contributed by atoms with Gasteiger partial charge in [0, 0.05) is 6.08 Å². The van der Waals surface area contributed by atoms with Gasteiger partial charge < -0.3 is 14.8 Å². The van der Waals surface area contributed by atoms with E-state index in [1.807, 2.05) is 6.92 Å². The van der Waals surface area contributed by atoms with E-state index in [0.717, 1.165) is 31.8 Å². The van der Waals surface area contributed by atoms with Crippen molar-refractivity contribution in [3.05, 3.63) is 12.7 Å². The summed E-state index contributed by atoms with van der Waals surface area (Å²) in [5.41, 5.74) is 0. The number of esters is 1. The van der Waals surface area contributed by atoms with Crippen LogP contribution in [0.15, 0.2) is 12.7 Å². The van der Waals surface area contributed by atoms with Gasteiger partial charge in [0.2, 0.25) is 0 Å². The third-order valence-corrected chi connectivity index (χ3v) is 2.39. The van der Waals surface area contributed by atoms with E-state index in [-0.39, 0.29) is 19.3 Å². The molecule has 0 aliphatic carbocycles. The number of alkyl carbamates (subject to hydrolysis) is 1. The van der Waals surface area contributed by atoms with Gasteiger partial charge in [-0.05, 0) is 12.8 Å². The zero-order chi connectivity index (χ0) is 13.8. The van der Waals surface area contributed by atoms with Crippen molar-refractivity contribution in [3.63, 3.8) is 0 Å². The molecule has 1 N–H and O–H groups in total. The summed E-state index contributed by atoms with van der Waals surface area (Å²) in [6.07, 6.45) is 4.39. The molecule has 0 aromatic carbocycles. The topological polar surface area (TPSA) is 64.6 Å². The number of ether oxygens (including phenoxy) is 2. The molecule has 0 spiro atoms. The number of rotatable bonds is 9. The molecule has 1 atom stereocenters. The quantitative estimate of drug-likeness (QED) is 0.391. The highest BCUT2D eigenvalue weighted by atomic mass is 16.6. The van der Waals surface area contributed by atoms with E-state index in [2.05, 4.69) is 18.8 Å². The molecule has 0 bridgehead atoms. The minimum Gasteiger partial charge on any atom is -0.461 e. The Hall–Kier alpha value is -1.52. The van der Waals surface area contributed by atoms with Crippen molar-refractivity contribution in [1.29, 1.82) is 0 Å². The molecule has 1 unspecified atom stereocenters. The fraction of sp³-hybridized carbons (Fsp3) is 0.692. The summed E-state index contributed by atoms with van der Waals surface area (Å²) < 4.78 is 9.93. The Labute approximate surface area is 109 Å². The molecule has 0 fully saturated rings. The minimum absolute atomic E-state index is 0.0410. The van der Waals surface area contributed by atoms with Gasteiger partial charge in [0.25, 0.3) is 0 Å². The van der Waals surface area contributed by atoms with Crippen LogP contribution in [0.4, 0.5) is 4.79 Å². The number of nitrogens with one attached hydrogen (secondary N) is 1. The molecule has 5 heteroatoms. The molecule has 0 aromatic rings. The first-order valence-corrected chi connectivity index (χ1v) is 6.37. The lowest BCUT2D eigenvalue weighted by Crippen LogP contribution is -2.31. The standard InChI is InChI=1S/C13H23NO4/c1-4-7-8-11(5-2)18-13(16)14-9-10-17-12(15)6-3/h6,11H,3-5,7-10H2,1-2H3,(H,14,16). The molecule has 104 valence electrons. The lowest BCUT2D eigenvalue weighted by molar-refractivity contribution is -0.137. The van der Waals surface area contributed by atoms with Crippen LogP contribution >= 0.6 is 0 Å².